The number of rotatable bonds is 12. The molecule has 0 aliphatic carbocycles. The topological polar surface area (TPSA) is 152 Å². The van der Waals surface area contributed by atoms with E-state index in [-0.39, 0.29) is 18.9 Å². The number of aliphatic carboxylic acids is 1. The van der Waals surface area contributed by atoms with E-state index >= 15 is 0 Å². The summed E-state index contributed by atoms with van der Waals surface area (Å²) in [6.07, 6.45) is 0.188. The molecule has 0 spiro atoms. The summed E-state index contributed by atoms with van der Waals surface area (Å²) in [4.78, 5) is 43.4. The second-order valence-electron chi connectivity index (χ2n) is 11.9. The highest BCUT2D eigenvalue weighted by molar-refractivity contribution is 5.97. The first-order valence-corrected chi connectivity index (χ1v) is 16.0. The summed E-state index contributed by atoms with van der Waals surface area (Å²) >= 11 is 0. The van der Waals surface area contributed by atoms with Gasteiger partial charge in [0.15, 0.2) is 0 Å². The van der Waals surface area contributed by atoms with Crippen molar-refractivity contribution in [2.75, 3.05) is 11.9 Å². The molecule has 0 fully saturated rings. The molecule has 6 aromatic rings. The Morgan fingerprint density at radius 1 is 0.720 bits per heavy atom. The van der Waals surface area contributed by atoms with Crippen molar-refractivity contribution in [3.05, 3.63) is 149 Å². The fourth-order valence-corrected chi connectivity index (χ4v) is 5.41. The van der Waals surface area contributed by atoms with Gasteiger partial charge in [-0.15, -0.1) is 0 Å². The third kappa shape index (κ3) is 8.36. The Morgan fingerprint density at radius 3 is 1.90 bits per heavy atom. The largest absolute Gasteiger partial charge is 0.480 e. The maximum atomic E-state index is 13.4. The van der Waals surface area contributed by atoms with Crippen LogP contribution in [-0.4, -0.2) is 44.5 Å². The molecule has 10 heteroatoms. The first-order valence-electron chi connectivity index (χ1n) is 16.0. The summed E-state index contributed by atoms with van der Waals surface area (Å²) in [5.74, 6) is -0.995. The second-order valence-corrected chi connectivity index (χ2v) is 11.9. The van der Waals surface area contributed by atoms with Crippen LogP contribution in [-0.2, 0) is 29.1 Å². The molecule has 0 saturated carbocycles. The van der Waals surface area contributed by atoms with Gasteiger partial charge in [0.25, 0.3) is 11.8 Å². The van der Waals surface area contributed by atoms with Crippen molar-refractivity contribution in [2.45, 2.75) is 26.4 Å². The highest BCUT2D eigenvalue weighted by atomic mass is 16.5. The summed E-state index contributed by atoms with van der Waals surface area (Å²) in [6.45, 7) is 2.07. The van der Waals surface area contributed by atoms with E-state index in [4.69, 9.17) is 10.3 Å². The van der Waals surface area contributed by atoms with Crippen LogP contribution in [0.4, 0.5) is 5.69 Å². The highest BCUT2D eigenvalue weighted by Crippen LogP contribution is 2.26. The summed E-state index contributed by atoms with van der Waals surface area (Å²) < 4.78 is 5.54. The summed E-state index contributed by atoms with van der Waals surface area (Å²) in [7, 11) is 0. The predicted molar refractivity (Wildman–Crippen MR) is 191 cm³/mol. The number of nitrogens with zero attached hydrogens (tertiary/aromatic N) is 3. The molecule has 0 saturated heterocycles. The molecule has 0 atom stereocenters. The Bertz CT molecular complexity index is 2090. The van der Waals surface area contributed by atoms with Crippen molar-refractivity contribution in [2.24, 2.45) is 5.73 Å². The van der Waals surface area contributed by atoms with Crippen LogP contribution in [0.3, 0.4) is 0 Å². The molecule has 250 valence electrons. The Kier molecular flexibility index (Phi) is 10.2. The van der Waals surface area contributed by atoms with E-state index in [0.717, 1.165) is 33.4 Å². The van der Waals surface area contributed by atoms with Gasteiger partial charge >= 0.3 is 5.97 Å². The quantitative estimate of drug-likeness (QED) is 0.130. The fraction of sp³-hybridized carbons (Fsp3) is 0.125. The third-order valence-electron chi connectivity index (χ3n) is 8.18. The van der Waals surface area contributed by atoms with Crippen LogP contribution < -0.4 is 11.1 Å². The van der Waals surface area contributed by atoms with Gasteiger partial charge < -0.3 is 25.6 Å². The molecule has 10 nitrogen and oxygen atoms in total. The number of carboxylic acids is 1. The van der Waals surface area contributed by atoms with Crippen LogP contribution >= 0.6 is 0 Å². The Labute approximate surface area is 289 Å². The van der Waals surface area contributed by atoms with Gasteiger partial charge in [0.2, 0.25) is 11.7 Å². The van der Waals surface area contributed by atoms with Crippen LogP contribution in [0.2, 0.25) is 0 Å². The lowest BCUT2D eigenvalue weighted by molar-refractivity contribution is -0.137. The lowest BCUT2D eigenvalue weighted by atomic mass is 10.0. The molecule has 50 heavy (non-hydrogen) atoms. The van der Waals surface area contributed by atoms with Crippen LogP contribution in [0.5, 0.6) is 0 Å². The van der Waals surface area contributed by atoms with Gasteiger partial charge in [-0.2, -0.15) is 4.98 Å². The maximum absolute atomic E-state index is 13.4. The van der Waals surface area contributed by atoms with Gasteiger partial charge in [-0.05, 0) is 71.1 Å². The standard InChI is InChI=1S/C40H35N5O5/c1-26-2-10-30(11-3-26)31-14-16-33(17-15-31)39-43-38(44-50-39)32-12-8-29(9-13-32)24-45(25-37(47)48)40(49)34-18-20-35(21-19-34)42-36(46)22-27-4-6-28(23-41)7-5-27/h2-21H,22-25,41H2,1H3,(H,42,46)(H,47,48). The van der Waals surface area contributed by atoms with Crippen molar-refractivity contribution >= 4 is 23.5 Å². The molecular weight excluding hydrogens is 630 g/mol. The van der Waals surface area contributed by atoms with Crippen molar-refractivity contribution in [1.82, 2.24) is 15.0 Å². The number of aromatic nitrogens is 2. The van der Waals surface area contributed by atoms with Crippen molar-refractivity contribution in [3.63, 3.8) is 0 Å². The molecule has 0 unspecified atom stereocenters. The zero-order valence-corrected chi connectivity index (χ0v) is 27.4. The first kappa shape index (κ1) is 33.5. The average molecular weight is 666 g/mol. The second kappa shape index (κ2) is 15.2. The fourth-order valence-electron chi connectivity index (χ4n) is 5.41. The number of carbonyl (C=O) groups is 3. The van der Waals surface area contributed by atoms with Crippen molar-refractivity contribution in [3.8, 4) is 34.0 Å². The lowest BCUT2D eigenvalue weighted by Gasteiger charge is -2.21. The summed E-state index contributed by atoms with van der Waals surface area (Å²) in [5, 5.41) is 16.5. The Hall–Kier alpha value is -6.39. The zero-order chi connectivity index (χ0) is 35.0. The number of amides is 2. The third-order valence-corrected chi connectivity index (χ3v) is 8.18. The van der Waals surface area contributed by atoms with E-state index in [1.54, 1.807) is 48.5 Å². The Balaban J connectivity index is 1.08. The SMILES string of the molecule is Cc1ccc(-c2ccc(-c3nc(-c4ccc(CN(CC(=O)O)C(=O)c5ccc(NC(=O)Cc6ccc(CN)cc6)cc5)cc4)no3)cc2)cc1. The molecule has 5 aromatic carbocycles. The molecule has 0 radical (unpaired) electrons. The van der Waals surface area contributed by atoms with Crippen LogP contribution in [0, 0.1) is 6.92 Å². The lowest BCUT2D eigenvalue weighted by Crippen LogP contribution is -2.35. The molecule has 1 heterocycles. The molecule has 1 aromatic heterocycles. The van der Waals surface area contributed by atoms with E-state index in [0.29, 0.717) is 35.1 Å². The molecule has 6 rings (SSSR count). The number of nitrogens with one attached hydrogen (secondary N) is 1. The number of carboxylic acid groups (broad SMARTS) is 1. The van der Waals surface area contributed by atoms with Gasteiger partial charge in [-0.25, -0.2) is 0 Å². The molecule has 2 amide bonds. The summed E-state index contributed by atoms with van der Waals surface area (Å²) in [6, 6.07) is 37.3. The smallest absolute Gasteiger partial charge is 0.323 e. The number of aryl methyl sites for hydroxylation is 1. The molecule has 0 bridgehead atoms. The number of benzene rings is 5. The predicted octanol–water partition coefficient (Wildman–Crippen LogP) is 6.75. The number of anilines is 1. The normalized spacial score (nSPS) is 10.8. The monoisotopic (exact) mass is 665 g/mol. The van der Waals surface area contributed by atoms with Gasteiger partial charge in [0, 0.05) is 35.5 Å². The zero-order valence-electron chi connectivity index (χ0n) is 27.4. The highest BCUT2D eigenvalue weighted by Gasteiger charge is 2.20. The van der Waals surface area contributed by atoms with Crippen LogP contribution in [0.25, 0.3) is 34.0 Å². The van der Waals surface area contributed by atoms with E-state index in [9.17, 15) is 19.5 Å². The Morgan fingerprint density at radius 2 is 1.28 bits per heavy atom. The number of nitrogens with two attached hydrogens (primary N) is 1. The first-order chi connectivity index (χ1) is 24.2. The van der Waals surface area contributed by atoms with E-state index < -0.39 is 18.4 Å². The number of carbonyl (C=O) groups excluding carboxylic acids is 2. The van der Waals surface area contributed by atoms with Crippen molar-refractivity contribution < 1.29 is 24.0 Å². The minimum absolute atomic E-state index is 0.0671. The molecular formula is C40H35N5O5. The molecule has 0 aliphatic rings. The van der Waals surface area contributed by atoms with E-state index in [2.05, 4.69) is 46.6 Å². The maximum Gasteiger partial charge on any atom is 0.323 e. The van der Waals surface area contributed by atoms with Gasteiger partial charge in [0.1, 0.15) is 6.54 Å². The van der Waals surface area contributed by atoms with Gasteiger partial charge in [-0.3, -0.25) is 14.4 Å². The number of hydrogen-bond donors (Lipinski definition) is 3. The van der Waals surface area contributed by atoms with Gasteiger partial charge in [-0.1, -0.05) is 95.6 Å². The number of hydrogen-bond acceptors (Lipinski definition) is 7. The summed E-state index contributed by atoms with van der Waals surface area (Å²) in [5.41, 5.74) is 13.9. The van der Waals surface area contributed by atoms with E-state index in [1.807, 2.05) is 48.5 Å². The molecule has 0 aliphatic heterocycles. The minimum atomic E-state index is -1.13. The van der Waals surface area contributed by atoms with Crippen LogP contribution in [0.15, 0.2) is 126 Å². The van der Waals surface area contributed by atoms with E-state index in [1.165, 1.54) is 10.5 Å². The van der Waals surface area contributed by atoms with Gasteiger partial charge in [0.05, 0.1) is 6.42 Å². The molecule has 4 N–H and O–H groups in total. The average Bonchev–Trinajstić information content (AvgIpc) is 3.63. The van der Waals surface area contributed by atoms with Crippen LogP contribution in [0.1, 0.15) is 32.6 Å². The van der Waals surface area contributed by atoms with Crippen molar-refractivity contribution in [1.29, 1.82) is 0 Å². The minimum Gasteiger partial charge on any atom is -0.480 e.